The molecule has 102 valence electrons. The minimum Gasteiger partial charge on any atom is -0.435 e. The number of carbonyl (C=O) groups is 2. The number of hydrogen-bond acceptors (Lipinski definition) is 4. The maximum atomic E-state index is 13.4. The van der Waals surface area contributed by atoms with Crippen molar-refractivity contribution in [1.82, 2.24) is 0 Å². The van der Waals surface area contributed by atoms with Gasteiger partial charge in [0.25, 0.3) is 0 Å². The fourth-order valence-electron chi connectivity index (χ4n) is 1.27. The van der Waals surface area contributed by atoms with E-state index >= 15 is 0 Å². The van der Waals surface area contributed by atoms with Crippen molar-refractivity contribution >= 4 is 17.8 Å². The lowest BCUT2D eigenvalue weighted by Crippen LogP contribution is -2.15. The number of ketones is 1. The molecule has 0 aliphatic rings. The van der Waals surface area contributed by atoms with Crippen LogP contribution >= 0.6 is 0 Å². The van der Waals surface area contributed by atoms with Gasteiger partial charge in [-0.1, -0.05) is 0 Å². The van der Waals surface area contributed by atoms with Crippen molar-refractivity contribution in [3.8, 4) is 0 Å². The van der Waals surface area contributed by atoms with E-state index in [1.165, 1.54) is 7.11 Å². The standard InChI is InChI=1S/C13H12F2O4/c1-8(16)11(13(17)19-7-18-2)5-9-3-4-10(14)6-12(9)15/h3-6H,7H2,1-2H3/b11-5+. The molecule has 0 radical (unpaired) electrons. The first-order chi connectivity index (χ1) is 8.95. The van der Waals surface area contributed by atoms with Crippen LogP contribution in [0, 0.1) is 11.6 Å². The van der Waals surface area contributed by atoms with E-state index in [1.54, 1.807) is 0 Å². The molecule has 0 saturated heterocycles. The van der Waals surface area contributed by atoms with Gasteiger partial charge in [0.1, 0.15) is 17.2 Å². The van der Waals surface area contributed by atoms with Gasteiger partial charge in [-0.25, -0.2) is 13.6 Å². The molecule has 0 spiro atoms. The Bertz CT molecular complexity index is 523. The van der Waals surface area contributed by atoms with Gasteiger partial charge in [-0.2, -0.15) is 0 Å². The van der Waals surface area contributed by atoms with Crippen LogP contribution in [0.1, 0.15) is 12.5 Å². The molecule has 1 aromatic rings. The minimum atomic E-state index is -0.932. The topological polar surface area (TPSA) is 52.6 Å². The molecule has 0 heterocycles. The van der Waals surface area contributed by atoms with Gasteiger partial charge >= 0.3 is 5.97 Å². The van der Waals surface area contributed by atoms with Gasteiger partial charge in [0.15, 0.2) is 12.6 Å². The van der Waals surface area contributed by atoms with Crippen LogP contribution in [0.2, 0.25) is 0 Å². The molecule has 0 unspecified atom stereocenters. The fourth-order valence-corrected chi connectivity index (χ4v) is 1.27. The molecule has 0 aliphatic heterocycles. The van der Waals surface area contributed by atoms with E-state index in [9.17, 15) is 18.4 Å². The quantitative estimate of drug-likeness (QED) is 0.270. The fraction of sp³-hybridized carbons (Fsp3) is 0.231. The normalized spacial score (nSPS) is 11.3. The predicted octanol–water partition coefficient (Wildman–Crippen LogP) is 2.08. The lowest BCUT2D eigenvalue weighted by Gasteiger charge is -2.05. The Hall–Kier alpha value is -2.08. The summed E-state index contributed by atoms with van der Waals surface area (Å²) in [6, 6.07) is 2.80. The Balaban J connectivity index is 3.07. The zero-order valence-electron chi connectivity index (χ0n) is 10.4. The summed E-state index contributed by atoms with van der Waals surface area (Å²) >= 11 is 0. The summed E-state index contributed by atoms with van der Waals surface area (Å²) in [4.78, 5) is 22.9. The lowest BCUT2D eigenvalue weighted by atomic mass is 10.1. The molecule has 0 aliphatic carbocycles. The Kier molecular flexibility index (Phi) is 5.32. The van der Waals surface area contributed by atoms with Gasteiger partial charge < -0.3 is 9.47 Å². The van der Waals surface area contributed by atoms with Crippen LogP contribution in [-0.2, 0) is 19.1 Å². The second-order valence-electron chi connectivity index (χ2n) is 3.62. The molecule has 6 heteroatoms. The SMILES string of the molecule is COCOC(=O)/C(=C/c1ccc(F)cc1F)C(C)=O. The summed E-state index contributed by atoms with van der Waals surface area (Å²) in [5.41, 5.74) is -0.427. The number of halogens is 2. The second-order valence-corrected chi connectivity index (χ2v) is 3.62. The third-order valence-electron chi connectivity index (χ3n) is 2.17. The first-order valence-corrected chi connectivity index (χ1v) is 5.29. The van der Waals surface area contributed by atoms with E-state index in [-0.39, 0.29) is 17.9 Å². The Labute approximate surface area is 108 Å². The monoisotopic (exact) mass is 270 g/mol. The molecular formula is C13H12F2O4. The molecule has 0 bridgehead atoms. The van der Waals surface area contributed by atoms with Crippen molar-refractivity contribution in [3.05, 3.63) is 41.0 Å². The van der Waals surface area contributed by atoms with Crippen LogP contribution in [-0.4, -0.2) is 25.7 Å². The van der Waals surface area contributed by atoms with Gasteiger partial charge in [0, 0.05) is 18.7 Å². The number of esters is 1. The molecule has 1 aromatic carbocycles. The van der Waals surface area contributed by atoms with Crippen LogP contribution in [0.5, 0.6) is 0 Å². The van der Waals surface area contributed by atoms with Crippen LogP contribution in [0.3, 0.4) is 0 Å². The van der Waals surface area contributed by atoms with Crippen molar-refractivity contribution < 1.29 is 27.8 Å². The van der Waals surface area contributed by atoms with Crippen molar-refractivity contribution in [2.45, 2.75) is 6.92 Å². The zero-order valence-corrected chi connectivity index (χ0v) is 10.4. The molecule has 4 nitrogen and oxygen atoms in total. The van der Waals surface area contributed by atoms with Crippen LogP contribution in [0.4, 0.5) is 8.78 Å². The van der Waals surface area contributed by atoms with Crippen molar-refractivity contribution in [3.63, 3.8) is 0 Å². The summed E-state index contributed by atoms with van der Waals surface area (Å²) in [6.07, 6.45) is 1.01. The Morgan fingerprint density at radius 3 is 2.53 bits per heavy atom. The van der Waals surface area contributed by atoms with Crippen LogP contribution in [0.25, 0.3) is 6.08 Å². The number of benzene rings is 1. The number of ether oxygens (including phenoxy) is 2. The van der Waals surface area contributed by atoms with E-state index in [0.29, 0.717) is 6.07 Å². The van der Waals surface area contributed by atoms with Gasteiger partial charge in [0.2, 0.25) is 0 Å². The van der Waals surface area contributed by atoms with E-state index in [1.807, 2.05) is 0 Å². The summed E-state index contributed by atoms with van der Waals surface area (Å²) in [6.45, 7) is 0.816. The molecule has 0 N–H and O–H groups in total. The highest BCUT2D eigenvalue weighted by Crippen LogP contribution is 2.15. The molecule has 0 atom stereocenters. The summed E-state index contributed by atoms with van der Waals surface area (Å²) in [5, 5.41) is 0. The second kappa shape index (κ2) is 6.75. The van der Waals surface area contributed by atoms with E-state index < -0.39 is 23.4 Å². The molecule has 1 rings (SSSR count). The Morgan fingerprint density at radius 1 is 1.32 bits per heavy atom. The van der Waals surface area contributed by atoms with Crippen molar-refractivity contribution in [1.29, 1.82) is 0 Å². The van der Waals surface area contributed by atoms with Crippen LogP contribution in [0.15, 0.2) is 23.8 Å². The van der Waals surface area contributed by atoms with E-state index in [2.05, 4.69) is 9.47 Å². The maximum absolute atomic E-state index is 13.4. The molecule has 0 fully saturated rings. The summed E-state index contributed by atoms with van der Waals surface area (Å²) < 4.78 is 35.3. The number of hydrogen-bond donors (Lipinski definition) is 0. The molecule has 0 amide bonds. The van der Waals surface area contributed by atoms with Gasteiger partial charge in [0.05, 0.1) is 0 Å². The third kappa shape index (κ3) is 4.26. The average molecular weight is 270 g/mol. The number of Topliss-reactive ketones (excluding diaryl/α,β-unsaturated/α-hetero) is 1. The smallest absolute Gasteiger partial charge is 0.343 e. The largest absolute Gasteiger partial charge is 0.435 e. The van der Waals surface area contributed by atoms with Gasteiger partial charge in [-0.3, -0.25) is 4.79 Å². The highest BCUT2D eigenvalue weighted by molar-refractivity contribution is 6.19. The van der Waals surface area contributed by atoms with Crippen molar-refractivity contribution in [2.24, 2.45) is 0 Å². The van der Waals surface area contributed by atoms with Crippen LogP contribution < -0.4 is 0 Å². The highest BCUT2D eigenvalue weighted by atomic mass is 19.1. The number of methoxy groups -OCH3 is 1. The lowest BCUT2D eigenvalue weighted by molar-refractivity contribution is -0.149. The first-order valence-electron chi connectivity index (χ1n) is 5.29. The Morgan fingerprint density at radius 2 is 2.00 bits per heavy atom. The first kappa shape index (κ1) is 15.0. The molecule has 0 saturated carbocycles. The third-order valence-corrected chi connectivity index (χ3v) is 2.17. The number of carbonyl (C=O) groups excluding carboxylic acids is 2. The van der Waals surface area contributed by atoms with Gasteiger partial charge in [-0.15, -0.1) is 0 Å². The molecular weight excluding hydrogens is 258 g/mol. The van der Waals surface area contributed by atoms with E-state index in [0.717, 1.165) is 25.1 Å². The number of rotatable bonds is 5. The van der Waals surface area contributed by atoms with Gasteiger partial charge in [-0.05, 0) is 25.1 Å². The average Bonchev–Trinajstić information content (AvgIpc) is 2.34. The maximum Gasteiger partial charge on any atom is 0.343 e. The predicted molar refractivity (Wildman–Crippen MR) is 63.0 cm³/mol. The van der Waals surface area contributed by atoms with Crippen molar-refractivity contribution in [2.75, 3.05) is 13.9 Å². The van der Waals surface area contributed by atoms with E-state index in [4.69, 9.17) is 0 Å². The summed E-state index contributed by atoms with van der Waals surface area (Å²) in [7, 11) is 1.31. The minimum absolute atomic E-state index is 0.0824. The summed E-state index contributed by atoms with van der Waals surface area (Å²) in [5.74, 6) is -3.15. The highest BCUT2D eigenvalue weighted by Gasteiger charge is 2.17. The zero-order chi connectivity index (χ0) is 14.4. The molecule has 0 aromatic heterocycles. The molecule has 19 heavy (non-hydrogen) atoms.